The van der Waals surface area contributed by atoms with Gasteiger partial charge in [-0.2, -0.15) is 14.6 Å². The monoisotopic (exact) mass is 443 g/mol. The molecule has 2 aromatic heterocycles. The third-order valence-electron chi connectivity index (χ3n) is 6.19. The highest BCUT2D eigenvalue weighted by Crippen LogP contribution is 2.38. The zero-order valence-electron chi connectivity index (χ0n) is 16.9. The van der Waals surface area contributed by atoms with E-state index in [4.69, 9.17) is 5.73 Å². The Morgan fingerprint density at radius 2 is 1.83 bits per heavy atom. The molecule has 8 nitrogen and oxygen atoms in total. The van der Waals surface area contributed by atoms with E-state index in [1.165, 1.54) is 25.6 Å². The van der Waals surface area contributed by atoms with Crippen LogP contribution in [0.5, 0.6) is 0 Å². The van der Waals surface area contributed by atoms with Crippen LogP contribution in [0.15, 0.2) is 12.4 Å². The molecule has 0 aromatic carbocycles. The minimum absolute atomic E-state index is 0. The fourth-order valence-corrected chi connectivity index (χ4v) is 4.51. The van der Waals surface area contributed by atoms with Gasteiger partial charge in [0.25, 0.3) is 5.78 Å². The van der Waals surface area contributed by atoms with Crippen LogP contribution in [0.2, 0.25) is 0 Å². The Hall–Kier alpha value is -1.64. The van der Waals surface area contributed by atoms with Crippen molar-refractivity contribution in [3.8, 4) is 0 Å². The number of aryl methyl sites for hydroxylation is 1. The normalized spacial score (nSPS) is 18.8. The Morgan fingerprint density at radius 3 is 2.48 bits per heavy atom. The first-order chi connectivity index (χ1) is 13.1. The molecule has 2 aromatic rings. The zero-order valence-corrected chi connectivity index (χ0v) is 18.6. The lowest BCUT2D eigenvalue weighted by molar-refractivity contribution is -0.134. The van der Waals surface area contributed by atoms with Crippen LogP contribution in [0.3, 0.4) is 0 Å². The molecule has 0 unspecified atom stereocenters. The van der Waals surface area contributed by atoms with Crippen LogP contribution in [0, 0.1) is 12.3 Å². The van der Waals surface area contributed by atoms with Crippen LogP contribution < -0.4 is 10.6 Å². The van der Waals surface area contributed by atoms with Crippen LogP contribution >= 0.6 is 24.8 Å². The SMILES string of the molecule is Cc1cc(N2CCN(C(=O)CC3(CN)CCCCC3)CC2)n2ncnc2n1.Cl.Cl. The van der Waals surface area contributed by atoms with Gasteiger partial charge in [-0.25, -0.2) is 4.98 Å². The van der Waals surface area contributed by atoms with Gasteiger partial charge in [0, 0.05) is 44.4 Å². The summed E-state index contributed by atoms with van der Waals surface area (Å²) in [7, 11) is 0. The highest BCUT2D eigenvalue weighted by atomic mass is 35.5. The number of nitrogens with two attached hydrogens (primary N) is 1. The predicted molar refractivity (Wildman–Crippen MR) is 118 cm³/mol. The molecule has 162 valence electrons. The number of nitrogens with zero attached hydrogens (tertiary/aromatic N) is 6. The number of hydrogen-bond donors (Lipinski definition) is 1. The van der Waals surface area contributed by atoms with Gasteiger partial charge in [-0.15, -0.1) is 24.8 Å². The van der Waals surface area contributed by atoms with E-state index in [1.54, 1.807) is 4.52 Å². The van der Waals surface area contributed by atoms with Crippen LogP contribution in [0.25, 0.3) is 5.78 Å². The Kier molecular flexibility index (Phi) is 8.08. The summed E-state index contributed by atoms with van der Waals surface area (Å²) in [6.07, 6.45) is 8.00. The van der Waals surface area contributed by atoms with Gasteiger partial charge in [-0.05, 0) is 31.7 Å². The van der Waals surface area contributed by atoms with Crippen LogP contribution in [0.4, 0.5) is 5.82 Å². The van der Waals surface area contributed by atoms with Crippen molar-refractivity contribution in [3.63, 3.8) is 0 Å². The summed E-state index contributed by atoms with van der Waals surface area (Å²) in [5.41, 5.74) is 7.02. The smallest absolute Gasteiger partial charge is 0.254 e. The number of carbonyl (C=O) groups is 1. The van der Waals surface area contributed by atoms with Crippen molar-refractivity contribution in [1.29, 1.82) is 0 Å². The maximum Gasteiger partial charge on any atom is 0.254 e. The van der Waals surface area contributed by atoms with E-state index in [2.05, 4.69) is 20.0 Å². The van der Waals surface area contributed by atoms with Gasteiger partial charge in [-0.1, -0.05) is 19.3 Å². The van der Waals surface area contributed by atoms with Gasteiger partial charge >= 0.3 is 0 Å². The van der Waals surface area contributed by atoms with Crippen molar-refractivity contribution in [1.82, 2.24) is 24.5 Å². The molecule has 29 heavy (non-hydrogen) atoms. The molecule has 0 bridgehead atoms. The molecule has 10 heteroatoms. The lowest BCUT2D eigenvalue weighted by atomic mass is 9.71. The summed E-state index contributed by atoms with van der Waals surface area (Å²) in [6.45, 7) is 5.64. The predicted octanol–water partition coefficient (Wildman–Crippen LogP) is 2.22. The molecule has 1 aliphatic heterocycles. The lowest BCUT2D eigenvalue weighted by Crippen LogP contribution is -2.51. The van der Waals surface area contributed by atoms with E-state index in [1.807, 2.05) is 17.9 Å². The average molecular weight is 444 g/mol. The first-order valence-electron chi connectivity index (χ1n) is 10.0. The maximum absolute atomic E-state index is 12.9. The number of hydrogen-bond acceptors (Lipinski definition) is 6. The lowest BCUT2D eigenvalue weighted by Gasteiger charge is -2.40. The van der Waals surface area contributed by atoms with Crippen molar-refractivity contribution in [2.75, 3.05) is 37.6 Å². The number of carbonyl (C=O) groups excluding carboxylic acids is 1. The standard InChI is InChI=1S/C19H29N7O.2ClH/c1-15-11-16(26-18(23-15)21-14-22-26)24-7-9-25(10-8-24)17(27)12-19(13-20)5-3-2-4-6-19;;/h11,14H,2-10,12-13,20H2,1H3;2*1H. The summed E-state index contributed by atoms with van der Waals surface area (Å²) >= 11 is 0. The van der Waals surface area contributed by atoms with Crippen LogP contribution in [-0.2, 0) is 4.79 Å². The summed E-state index contributed by atoms with van der Waals surface area (Å²) in [4.78, 5) is 25.8. The van der Waals surface area contributed by atoms with Crippen molar-refractivity contribution in [2.24, 2.45) is 11.1 Å². The van der Waals surface area contributed by atoms with E-state index in [0.29, 0.717) is 18.7 Å². The molecule has 0 radical (unpaired) electrons. The Labute approximate surface area is 184 Å². The second kappa shape index (κ2) is 9.91. The zero-order chi connectivity index (χ0) is 18.9. The third kappa shape index (κ3) is 4.92. The molecule has 1 saturated carbocycles. The quantitative estimate of drug-likeness (QED) is 0.778. The summed E-state index contributed by atoms with van der Waals surface area (Å²) in [6, 6.07) is 2.03. The van der Waals surface area contributed by atoms with E-state index in [0.717, 1.165) is 50.5 Å². The molecule has 3 heterocycles. The van der Waals surface area contributed by atoms with E-state index in [-0.39, 0.29) is 36.1 Å². The summed E-state index contributed by atoms with van der Waals surface area (Å²) in [5.74, 6) is 1.87. The van der Waals surface area contributed by atoms with Gasteiger partial charge in [-0.3, -0.25) is 4.79 Å². The van der Waals surface area contributed by atoms with E-state index < -0.39 is 0 Å². The molecule has 0 spiro atoms. The number of amides is 1. The van der Waals surface area contributed by atoms with Gasteiger partial charge in [0.15, 0.2) is 0 Å². The van der Waals surface area contributed by atoms with Crippen molar-refractivity contribution < 1.29 is 4.79 Å². The molecule has 1 amide bonds. The van der Waals surface area contributed by atoms with Gasteiger partial charge in [0.2, 0.25) is 5.91 Å². The average Bonchev–Trinajstić information content (AvgIpc) is 3.16. The number of anilines is 1. The molecule has 0 atom stereocenters. The number of rotatable bonds is 4. The number of fused-ring (bicyclic) bond motifs is 1. The molecule has 1 aliphatic carbocycles. The third-order valence-corrected chi connectivity index (χ3v) is 6.19. The highest BCUT2D eigenvalue weighted by Gasteiger charge is 2.35. The topological polar surface area (TPSA) is 92.7 Å². The number of piperazine rings is 1. The Balaban J connectivity index is 0.00000150. The highest BCUT2D eigenvalue weighted by molar-refractivity contribution is 5.85. The number of halogens is 2. The fourth-order valence-electron chi connectivity index (χ4n) is 4.51. The van der Waals surface area contributed by atoms with Crippen molar-refractivity contribution in [3.05, 3.63) is 18.1 Å². The second-order valence-electron chi connectivity index (χ2n) is 8.04. The summed E-state index contributed by atoms with van der Waals surface area (Å²) < 4.78 is 1.77. The molecule has 2 aliphatic rings. The van der Waals surface area contributed by atoms with E-state index in [9.17, 15) is 4.79 Å². The van der Waals surface area contributed by atoms with Gasteiger partial charge in [0.05, 0.1) is 0 Å². The Bertz CT molecular complexity index is 814. The minimum Gasteiger partial charge on any atom is -0.353 e. The largest absolute Gasteiger partial charge is 0.353 e. The molecule has 2 N–H and O–H groups in total. The first kappa shape index (κ1) is 23.6. The van der Waals surface area contributed by atoms with E-state index >= 15 is 0 Å². The second-order valence-corrected chi connectivity index (χ2v) is 8.04. The van der Waals surface area contributed by atoms with Crippen LogP contribution in [-0.4, -0.2) is 63.1 Å². The molecular formula is C19H31Cl2N7O. The molecule has 1 saturated heterocycles. The Morgan fingerprint density at radius 1 is 1.14 bits per heavy atom. The van der Waals surface area contributed by atoms with Gasteiger partial charge in [0.1, 0.15) is 12.1 Å². The van der Waals surface area contributed by atoms with Crippen molar-refractivity contribution in [2.45, 2.75) is 45.4 Å². The summed E-state index contributed by atoms with van der Waals surface area (Å²) in [5, 5.41) is 4.29. The van der Waals surface area contributed by atoms with Gasteiger partial charge < -0.3 is 15.5 Å². The molecular weight excluding hydrogens is 413 g/mol. The fraction of sp³-hybridized carbons (Fsp3) is 0.684. The van der Waals surface area contributed by atoms with Crippen LogP contribution in [0.1, 0.15) is 44.2 Å². The minimum atomic E-state index is 0. The maximum atomic E-state index is 12.9. The first-order valence-corrected chi connectivity index (χ1v) is 10.0. The number of aromatic nitrogens is 4. The molecule has 4 rings (SSSR count). The van der Waals surface area contributed by atoms with Crippen molar-refractivity contribution >= 4 is 42.3 Å². The molecule has 2 fully saturated rings.